The first-order valence-electron chi connectivity index (χ1n) is 9.18. The van der Waals surface area contributed by atoms with E-state index >= 15 is 0 Å². The van der Waals surface area contributed by atoms with Crippen LogP contribution in [0.15, 0.2) is 36.4 Å². The number of carbonyl (C=O) groups excluding carboxylic acids is 2. The van der Waals surface area contributed by atoms with E-state index in [1.807, 2.05) is 36.9 Å². The standard InChI is InChI=1S/C21H23F2N3O2/c1-14-5-3-8-18(15(14)2)24-19(27)13-25-9-11-26(12-10-25)21(28)20-16(22)6-4-7-17(20)23/h3-8H,9-13H2,1-2H3,(H,24,27). The third kappa shape index (κ3) is 4.36. The summed E-state index contributed by atoms with van der Waals surface area (Å²) in [6, 6.07) is 9.12. The lowest BCUT2D eigenvalue weighted by Crippen LogP contribution is -2.50. The Morgan fingerprint density at radius 2 is 1.57 bits per heavy atom. The van der Waals surface area contributed by atoms with Crippen LogP contribution >= 0.6 is 0 Å². The maximum Gasteiger partial charge on any atom is 0.259 e. The number of carbonyl (C=O) groups is 2. The molecule has 5 nitrogen and oxygen atoms in total. The fourth-order valence-electron chi connectivity index (χ4n) is 3.25. The van der Waals surface area contributed by atoms with E-state index in [1.54, 1.807) is 0 Å². The van der Waals surface area contributed by atoms with Crippen LogP contribution in [0.3, 0.4) is 0 Å². The maximum atomic E-state index is 13.8. The Bertz CT molecular complexity index is 873. The lowest BCUT2D eigenvalue weighted by atomic mass is 10.1. The Morgan fingerprint density at radius 3 is 2.21 bits per heavy atom. The summed E-state index contributed by atoms with van der Waals surface area (Å²) in [6.07, 6.45) is 0. The Balaban J connectivity index is 1.55. The van der Waals surface area contributed by atoms with Gasteiger partial charge in [-0.05, 0) is 43.2 Å². The summed E-state index contributed by atoms with van der Waals surface area (Å²) in [4.78, 5) is 28.1. The summed E-state index contributed by atoms with van der Waals surface area (Å²) in [5, 5.41) is 2.91. The van der Waals surface area contributed by atoms with E-state index in [-0.39, 0.29) is 12.5 Å². The molecule has 0 bridgehead atoms. The molecule has 0 aliphatic carbocycles. The molecule has 1 heterocycles. The number of benzene rings is 2. The largest absolute Gasteiger partial charge is 0.336 e. The number of rotatable bonds is 4. The molecule has 0 atom stereocenters. The summed E-state index contributed by atoms with van der Waals surface area (Å²) in [5.41, 5.74) is 2.39. The lowest BCUT2D eigenvalue weighted by molar-refractivity contribution is -0.117. The predicted octanol–water partition coefficient (Wildman–Crippen LogP) is 2.98. The van der Waals surface area contributed by atoms with E-state index in [4.69, 9.17) is 0 Å². The van der Waals surface area contributed by atoms with Gasteiger partial charge < -0.3 is 10.2 Å². The van der Waals surface area contributed by atoms with E-state index in [9.17, 15) is 18.4 Å². The minimum Gasteiger partial charge on any atom is -0.336 e. The molecule has 0 aromatic heterocycles. The molecule has 0 radical (unpaired) electrons. The molecule has 3 rings (SSSR count). The van der Waals surface area contributed by atoms with Crippen molar-refractivity contribution < 1.29 is 18.4 Å². The number of hydrogen-bond acceptors (Lipinski definition) is 3. The van der Waals surface area contributed by atoms with Crippen LogP contribution in [0.2, 0.25) is 0 Å². The van der Waals surface area contributed by atoms with Gasteiger partial charge >= 0.3 is 0 Å². The number of amides is 2. The van der Waals surface area contributed by atoms with Crippen molar-refractivity contribution in [2.24, 2.45) is 0 Å². The van der Waals surface area contributed by atoms with Crippen LogP contribution < -0.4 is 5.32 Å². The van der Waals surface area contributed by atoms with E-state index in [0.29, 0.717) is 26.2 Å². The average Bonchev–Trinajstić information content (AvgIpc) is 2.66. The van der Waals surface area contributed by atoms with Gasteiger partial charge in [-0.25, -0.2) is 8.78 Å². The first-order valence-corrected chi connectivity index (χ1v) is 9.18. The van der Waals surface area contributed by atoms with Crippen molar-refractivity contribution in [1.82, 2.24) is 9.80 Å². The van der Waals surface area contributed by atoms with Gasteiger partial charge in [0.05, 0.1) is 6.54 Å². The van der Waals surface area contributed by atoms with E-state index < -0.39 is 23.1 Å². The van der Waals surface area contributed by atoms with Gasteiger partial charge in [-0.2, -0.15) is 0 Å². The first-order chi connectivity index (χ1) is 13.4. The van der Waals surface area contributed by atoms with Crippen LogP contribution in [0.5, 0.6) is 0 Å². The number of nitrogens with zero attached hydrogens (tertiary/aromatic N) is 2. The quantitative estimate of drug-likeness (QED) is 0.878. The highest BCUT2D eigenvalue weighted by Gasteiger charge is 2.27. The molecule has 2 aromatic carbocycles. The third-order valence-corrected chi connectivity index (χ3v) is 5.08. The molecular weight excluding hydrogens is 364 g/mol. The molecule has 1 aliphatic rings. The Labute approximate surface area is 162 Å². The van der Waals surface area contributed by atoms with Gasteiger partial charge in [-0.3, -0.25) is 14.5 Å². The molecule has 148 valence electrons. The molecule has 1 N–H and O–H groups in total. The minimum atomic E-state index is -0.861. The molecule has 28 heavy (non-hydrogen) atoms. The zero-order valence-corrected chi connectivity index (χ0v) is 16.0. The summed E-state index contributed by atoms with van der Waals surface area (Å²) in [5.74, 6) is -2.51. The van der Waals surface area contributed by atoms with Crippen molar-refractivity contribution in [2.45, 2.75) is 13.8 Å². The lowest BCUT2D eigenvalue weighted by Gasteiger charge is -2.34. The second-order valence-electron chi connectivity index (χ2n) is 6.96. The van der Waals surface area contributed by atoms with E-state index in [2.05, 4.69) is 5.32 Å². The van der Waals surface area contributed by atoms with Crippen LogP contribution in [-0.2, 0) is 4.79 Å². The van der Waals surface area contributed by atoms with E-state index in [1.165, 1.54) is 11.0 Å². The van der Waals surface area contributed by atoms with Crippen LogP contribution in [0, 0.1) is 25.5 Å². The number of anilines is 1. The van der Waals surface area contributed by atoms with Gasteiger partial charge in [0.2, 0.25) is 5.91 Å². The van der Waals surface area contributed by atoms with Gasteiger partial charge in [-0.15, -0.1) is 0 Å². The van der Waals surface area contributed by atoms with Gasteiger partial charge in [0.25, 0.3) is 5.91 Å². The first kappa shape index (κ1) is 19.9. The van der Waals surface area contributed by atoms with Crippen molar-refractivity contribution in [3.05, 3.63) is 64.7 Å². The minimum absolute atomic E-state index is 0.131. The number of halogens is 2. The molecule has 1 aliphatic heterocycles. The highest BCUT2D eigenvalue weighted by atomic mass is 19.1. The van der Waals surface area contributed by atoms with Crippen LogP contribution in [0.4, 0.5) is 14.5 Å². The average molecular weight is 387 g/mol. The smallest absolute Gasteiger partial charge is 0.259 e. The topological polar surface area (TPSA) is 52.7 Å². The summed E-state index contributed by atoms with van der Waals surface area (Å²) >= 11 is 0. The molecule has 0 spiro atoms. The summed E-state index contributed by atoms with van der Waals surface area (Å²) in [7, 11) is 0. The monoisotopic (exact) mass is 387 g/mol. The highest BCUT2D eigenvalue weighted by Crippen LogP contribution is 2.18. The third-order valence-electron chi connectivity index (χ3n) is 5.08. The molecule has 2 aromatic rings. The normalized spacial score (nSPS) is 14.8. The summed E-state index contributed by atoms with van der Waals surface area (Å²) in [6.45, 7) is 5.68. The van der Waals surface area contributed by atoms with Crippen molar-refractivity contribution in [3.63, 3.8) is 0 Å². The van der Waals surface area contributed by atoms with Gasteiger partial charge in [0.1, 0.15) is 17.2 Å². The fraction of sp³-hybridized carbons (Fsp3) is 0.333. The molecule has 1 saturated heterocycles. The molecule has 7 heteroatoms. The fourth-order valence-corrected chi connectivity index (χ4v) is 3.25. The molecule has 2 amide bonds. The van der Waals surface area contributed by atoms with Crippen LogP contribution in [0.1, 0.15) is 21.5 Å². The predicted molar refractivity (Wildman–Crippen MR) is 103 cm³/mol. The van der Waals surface area contributed by atoms with Gasteiger partial charge in [-0.1, -0.05) is 18.2 Å². The van der Waals surface area contributed by atoms with Crippen molar-refractivity contribution >= 4 is 17.5 Å². The van der Waals surface area contributed by atoms with Crippen molar-refractivity contribution in [3.8, 4) is 0 Å². The zero-order valence-electron chi connectivity index (χ0n) is 16.0. The van der Waals surface area contributed by atoms with Crippen molar-refractivity contribution in [2.75, 3.05) is 38.0 Å². The van der Waals surface area contributed by atoms with Crippen LogP contribution in [-0.4, -0.2) is 54.3 Å². The summed E-state index contributed by atoms with van der Waals surface area (Å²) < 4.78 is 27.6. The second kappa shape index (κ2) is 8.48. The number of hydrogen-bond donors (Lipinski definition) is 1. The van der Waals surface area contributed by atoms with E-state index in [0.717, 1.165) is 28.9 Å². The highest BCUT2D eigenvalue weighted by molar-refractivity contribution is 5.95. The number of piperazine rings is 1. The molecule has 0 unspecified atom stereocenters. The Kier molecular flexibility index (Phi) is 6.04. The maximum absolute atomic E-state index is 13.8. The molecule has 1 fully saturated rings. The SMILES string of the molecule is Cc1cccc(NC(=O)CN2CCN(C(=O)c3c(F)cccc3F)CC2)c1C. The zero-order chi connectivity index (χ0) is 20.3. The number of nitrogens with one attached hydrogen (secondary N) is 1. The van der Waals surface area contributed by atoms with Gasteiger partial charge in [0.15, 0.2) is 0 Å². The van der Waals surface area contributed by atoms with Crippen LogP contribution in [0.25, 0.3) is 0 Å². The molecule has 0 saturated carbocycles. The van der Waals surface area contributed by atoms with Crippen molar-refractivity contribution in [1.29, 1.82) is 0 Å². The number of aryl methyl sites for hydroxylation is 1. The Morgan fingerprint density at radius 1 is 0.964 bits per heavy atom. The second-order valence-corrected chi connectivity index (χ2v) is 6.96. The Hall–Kier alpha value is -2.80. The van der Waals surface area contributed by atoms with Gasteiger partial charge in [0, 0.05) is 31.9 Å². The molecular formula is C21H23F2N3O2.